The topological polar surface area (TPSA) is 72.4 Å². The van der Waals surface area contributed by atoms with Gasteiger partial charge in [0.2, 0.25) is 0 Å². The van der Waals surface area contributed by atoms with Gasteiger partial charge in [0, 0.05) is 18.2 Å². The standard InChI is InChI=1S/C14H21N3O2/c15-11-12-5-8-16(9-6-12)10-7-13-3-1-2-4-14(13)17(18)19/h1-4,12H,5-11,15H2. The Hall–Kier alpha value is -1.46. The number of hydrogen-bond donors (Lipinski definition) is 1. The molecule has 2 rings (SSSR count). The molecule has 0 radical (unpaired) electrons. The Kier molecular flexibility index (Phi) is 4.87. The lowest BCUT2D eigenvalue weighted by atomic mass is 9.97. The molecule has 0 spiro atoms. The predicted octanol–water partition coefficient (Wildman–Crippen LogP) is 1.81. The molecule has 5 heteroatoms. The van der Waals surface area contributed by atoms with Gasteiger partial charge in [-0.3, -0.25) is 10.1 Å². The molecule has 0 unspecified atom stereocenters. The highest BCUT2D eigenvalue weighted by Crippen LogP contribution is 2.20. The lowest BCUT2D eigenvalue weighted by Gasteiger charge is -2.31. The lowest BCUT2D eigenvalue weighted by Crippen LogP contribution is -2.37. The fourth-order valence-corrected chi connectivity index (χ4v) is 2.62. The van der Waals surface area contributed by atoms with Crippen molar-refractivity contribution in [1.29, 1.82) is 0 Å². The summed E-state index contributed by atoms with van der Waals surface area (Å²) in [6.07, 6.45) is 3.03. The lowest BCUT2D eigenvalue weighted by molar-refractivity contribution is -0.385. The maximum atomic E-state index is 10.9. The van der Waals surface area contributed by atoms with Crippen molar-refractivity contribution in [2.75, 3.05) is 26.2 Å². The van der Waals surface area contributed by atoms with Gasteiger partial charge in [-0.25, -0.2) is 0 Å². The SMILES string of the molecule is NCC1CCN(CCc2ccccc2[N+](=O)[O-])CC1. The Bertz CT molecular complexity index is 428. The Morgan fingerprint density at radius 1 is 1.32 bits per heavy atom. The molecule has 0 saturated carbocycles. The first-order valence-electron chi connectivity index (χ1n) is 6.85. The normalized spacial score (nSPS) is 17.5. The van der Waals surface area contributed by atoms with E-state index in [1.165, 1.54) is 0 Å². The molecule has 104 valence electrons. The van der Waals surface area contributed by atoms with Gasteiger partial charge < -0.3 is 10.6 Å². The van der Waals surface area contributed by atoms with Gasteiger partial charge in [0.05, 0.1) is 4.92 Å². The van der Waals surface area contributed by atoms with E-state index in [2.05, 4.69) is 4.90 Å². The highest BCUT2D eigenvalue weighted by atomic mass is 16.6. The summed E-state index contributed by atoms with van der Waals surface area (Å²) in [5, 5.41) is 10.9. The number of nitro benzene ring substituents is 1. The maximum Gasteiger partial charge on any atom is 0.272 e. The second-order valence-electron chi connectivity index (χ2n) is 5.16. The van der Waals surface area contributed by atoms with Crippen LogP contribution in [-0.2, 0) is 6.42 Å². The second kappa shape index (κ2) is 6.63. The molecule has 1 saturated heterocycles. The second-order valence-corrected chi connectivity index (χ2v) is 5.16. The van der Waals surface area contributed by atoms with Gasteiger partial charge in [0.1, 0.15) is 0 Å². The van der Waals surface area contributed by atoms with Gasteiger partial charge in [0.15, 0.2) is 0 Å². The molecule has 1 heterocycles. The molecule has 1 aliphatic heterocycles. The van der Waals surface area contributed by atoms with Crippen LogP contribution in [0.25, 0.3) is 0 Å². The average molecular weight is 263 g/mol. The molecule has 0 amide bonds. The molecule has 1 aromatic rings. The number of piperidine rings is 1. The fraction of sp³-hybridized carbons (Fsp3) is 0.571. The molecular weight excluding hydrogens is 242 g/mol. The zero-order valence-corrected chi connectivity index (χ0v) is 11.1. The van der Waals surface area contributed by atoms with Crippen molar-refractivity contribution in [2.24, 2.45) is 11.7 Å². The van der Waals surface area contributed by atoms with Crippen LogP contribution in [0.3, 0.4) is 0 Å². The molecule has 1 aromatic carbocycles. The van der Waals surface area contributed by atoms with Gasteiger partial charge in [-0.05, 0) is 44.8 Å². The quantitative estimate of drug-likeness (QED) is 0.649. The van der Waals surface area contributed by atoms with Gasteiger partial charge in [0.25, 0.3) is 5.69 Å². The smallest absolute Gasteiger partial charge is 0.272 e. The van der Waals surface area contributed by atoms with Crippen molar-refractivity contribution in [3.05, 3.63) is 39.9 Å². The summed E-state index contributed by atoms with van der Waals surface area (Å²) in [6.45, 7) is 3.78. The number of rotatable bonds is 5. The van der Waals surface area contributed by atoms with Crippen LogP contribution in [0, 0.1) is 16.0 Å². The van der Waals surface area contributed by atoms with Crippen molar-refractivity contribution in [3.8, 4) is 0 Å². The van der Waals surface area contributed by atoms with E-state index in [-0.39, 0.29) is 10.6 Å². The van der Waals surface area contributed by atoms with E-state index in [1.807, 2.05) is 12.1 Å². The molecule has 5 nitrogen and oxygen atoms in total. The summed E-state index contributed by atoms with van der Waals surface area (Å²) in [6, 6.07) is 7.01. The molecule has 1 fully saturated rings. The number of hydrogen-bond acceptors (Lipinski definition) is 4. The Balaban J connectivity index is 1.88. The first-order valence-corrected chi connectivity index (χ1v) is 6.85. The highest BCUT2D eigenvalue weighted by molar-refractivity contribution is 5.39. The molecule has 0 aliphatic carbocycles. The van der Waals surface area contributed by atoms with Crippen molar-refractivity contribution in [2.45, 2.75) is 19.3 Å². The first kappa shape index (κ1) is 14.0. The number of nitrogens with zero attached hydrogens (tertiary/aromatic N) is 2. The zero-order chi connectivity index (χ0) is 13.7. The van der Waals surface area contributed by atoms with Crippen molar-refractivity contribution in [3.63, 3.8) is 0 Å². The monoisotopic (exact) mass is 263 g/mol. The molecule has 2 N–H and O–H groups in total. The minimum Gasteiger partial charge on any atom is -0.330 e. The van der Waals surface area contributed by atoms with Crippen LogP contribution in [0.5, 0.6) is 0 Å². The number of nitrogens with two attached hydrogens (primary N) is 1. The molecule has 1 aliphatic rings. The Morgan fingerprint density at radius 3 is 2.63 bits per heavy atom. The third-order valence-electron chi connectivity index (χ3n) is 3.93. The Morgan fingerprint density at radius 2 is 2.00 bits per heavy atom. The van der Waals surface area contributed by atoms with E-state index in [9.17, 15) is 10.1 Å². The van der Waals surface area contributed by atoms with E-state index in [0.717, 1.165) is 51.0 Å². The zero-order valence-electron chi connectivity index (χ0n) is 11.1. The number of nitro groups is 1. The van der Waals surface area contributed by atoms with Crippen LogP contribution in [0.1, 0.15) is 18.4 Å². The molecule has 0 aromatic heterocycles. The Labute approximate surface area is 113 Å². The van der Waals surface area contributed by atoms with E-state index in [0.29, 0.717) is 5.92 Å². The number of para-hydroxylation sites is 1. The molecule has 0 bridgehead atoms. The van der Waals surface area contributed by atoms with Crippen LogP contribution in [0.4, 0.5) is 5.69 Å². The first-order chi connectivity index (χ1) is 9.20. The fourth-order valence-electron chi connectivity index (χ4n) is 2.62. The van der Waals surface area contributed by atoms with Crippen molar-refractivity contribution >= 4 is 5.69 Å². The van der Waals surface area contributed by atoms with Crippen molar-refractivity contribution < 1.29 is 4.92 Å². The van der Waals surface area contributed by atoms with Gasteiger partial charge in [-0.15, -0.1) is 0 Å². The summed E-state index contributed by atoms with van der Waals surface area (Å²) in [5.74, 6) is 0.655. The summed E-state index contributed by atoms with van der Waals surface area (Å²) >= 11 is 0. The maximum absolute atomic E-state index is 10.9. The van der Waals surface area contributed by atoms with Crippen LogP contribution in [-0.4, -0.2) is 36.0 Å². The predicted molar refractivity (Wildman–Crippen MR) is 75.0 cm³/mol. The third kappa shape index (κ3) is 3.75. The minimum atomic E-state index is -0.296. The van der Waals surface area contributed by atoms with Crippen LogP contribution < -0.4 is 5.73 Å². The number of benzene rings is 1. The van der Waals surface area contributed by atoms with Crippen molar-refractivity contribution in [1.82, 2.24) is 4.90 Å². The van der Waals surface area contributed by atoms with Gasteiger partial charge >= 0.3 is 0 Å². The molecule has 0 atom stereocenters. The van der Waals surface area contributed by atoms with Crippen LogP contribution >= 0.6 is 0 Å². The van der Waals surface area contributed by atoms with E-state index < -0.39 is 0 Å². The summed E-state index contributed by atoms with van der Waals surface area (Å²) in [7, 11) is 0. The van der Waals surface area contributed by atoms with Crippen LogP contribution in [0.2, 0.25) is 0 Å². The van der Waals surface area contributed by atoms with Crippen LogP contribution in [0.15, 0.2) is 24.3 Å². The summed E-state index contributed by atoms with van der Waals surface area (Å²) < 4.78 is 0. The van der Waals surface area contributed by atoms with Gasteiger partial charge in [-0.2, -0.15) is 0 Å². The minimum absolute atomic E-state index is 0.236. The van der Waals surface area contributed by atoms with E-state index in [1.54, 1.807) is 12.1 Å². The highest BCUT2D eigenvalue weighted by Gasteiger charge is 2.19. The van der Waals surface area contributed by atoms with E-state index >= 15 is 0 Å². The average Bonchev–Trinajstić information content (AvgIpc) is 2.46. The molecular formula is C14H21N3O2. The largest absolute Gasteiger partial charge is 0.330 e. The number of likely N-dealkylation sites (tertiary alicyclic amines) is 1. The summed E-state index contributed by atoms with van der Waals surface area (Å²) in [5.41, 5.74) is 6.74. The third-order valence-corrected chi connectivity index (χ3v) is 3.93. The summed E-state index contributed by atoms with van der Waals surface area (Å²) in [4.78, 5) is 13.0. The van der Waals surface area contributed by atoms with Gasteiger partial charge in [-0.1, -0.05) is 18.2 Å². The molecule has 19 heavy (non-hydrogen) atoms. The van der Waals surface area contributed by atoms with E-state index in [4.69, 9.17) is 5.73 Å².